The summed E-state index contributed by atoms with van der Waals surface area (Å²) in [5.74, 6) is 0. The third-order valence-electron chi connectivity index (χ3n) is 5.88. The Balaban J connectivity index is 1.69. The first kappa shape index (κ1) is 12.9. The molecule has 1 aliphatic heterocycles. The first-order valence-corrected chi connectivity index (χ1v) is 8.23. The van der Waals surface area contributed by atoms with Gasteiger partial charge in [-0.1, -0.05) is 38.5 Å². The highest BCUT2D eigenvalue weighted by atomic mass is 15.3. The molecule has 1 N–H and O–H groups in total. The van der Waals surface area contributed by atoms with E-state index in [0.717, 1.165) is 0 Å². The van der Waals surface area contributed by atoms with E-state index in [1.165, 1.54) is 83.8 Å². The standard InChI is InChI=1S/C16H30N2/c1-15(8-4-2-5-9-15)18-13-12-17-16(14-18)10-6-3-7-11-16/h17H,2-14H2,1H3. The van der Waals surface area contributed by atoms with Gasteiger partial charge in [0.1, 0.15) is 0 Å². The lowest BCUT2D eigenvalue weighted by Crippen LogP contribution is -2.65. The Hall–Kier alpha value is -0.0800. The van der Waals surface area contributed by atoms with E-state index in [1.54, 1.807) is 0 Å². The minimum Gasteiger partial charge on any atom is -0.309 e. The Morgan fingerprint density at radius 3 is 2.11 bits per heavy atom. The summed E-state index contributed by atoms with van der Waals surface area (Å²) in [5, 5.41) is 3.88. The molecule has 2 heteroatoms. The van der Waals surface area contributed by atoms with Gasteiger partial charge in [-0.2, -0.15) is 0 Å². The number of nitrogens with zero attached hydrogens (tertiary/aromatic N) is 1. The molecule has 0 atom stereocenters. The number of hydrogen-bond donors (Lipinski definition) is 1. The molecule has 1 saturated heterocycles. The summed E-state index contributed by atoms with van der Waals surface area (Å²) in [7, 11) is 0. The lowest BCUT2D eigenvalue weighted by Gasteiger charge is -2.53. The van der Waals surface area contributed by atoms with Gasteiger partial charge in [-0.25, -0.2) is 0 Å². The van der Waals surface area contributed by atoms with E-state index in [4.69, 9.17) is 0 Å². The van der Waals surface area contributed by atoms with Gasteiger partial charge in [0.25, 0.3) is 0 Å². The van der Waals surface area contributed by atoms with Gasteiger partial charge in [-0.05, 0) is 32.6 Å². The number of nitrogens with one attached hydrogen (secondary N) is 1. The Morgan fingerprint density at radius 1 is 0.833 bits per heavy atom. The van der Waals surface area contributed by atoms with Crippen molar-refractivity contribution in [3.05, 3.63) is 0 Å². The van der Waals surface area contributed by atoms with Crippen LogP contribution in [0, 0.1) is 0 Å². The molecule has 2 saturated carbocycles. The van der Waals surface area contributed by atoms with Crippen LogP contribution in [0.2, 0.25) is 0 Å². The summed E-state index contributed by atoms with van der Waals surface area (Å²) in [4.78, 5) is 2.86. The van der Waals surface area contributed by atoms with Crippen LogP contribution in [0.4, 0.5) is 0 Å². The van der Waals surface area contributed by atoms with Crippen LogP contribution in [0.5, 0.6) is 0 Å². The van der Waals surface area contributed by atoms with Crippen molar-refractivity contribution < 1.29 is 0 Å². The quantitative estimate of drug-likeness (QED) is 0.768. The molecular formula is C16H30N2. The molecule has 3 fully saturated rings. The monoisotopic (exact) mass is 250 g/mol. The molecule has 0 aromatic rings. The highest BCUT2D eigenvalue weighted by molar-refractivity contribution is 5.01. The zero-order chi connectivity index (χ0) is 12.5. The fourth-order valence-corrected chi connectivity index (χ4v) is 4.61. The molecule has 1 spiro atoms. The summed E-state index contributed by atoms with van der Waals surface area (Å²) in [6.07, 6.45) is 14.4. The number of rotatable bonds is 1. The van der Waals surface area contributed by atoms with Crippen LogP contribution < -0.4 is 5.32 Å². The molecule has 2 nitrogen and oxygen atoms in total. The van der Waals surface area contributed by atoms with Crippen molar-refractivity contribution >= 4 is 0 Å². The van der Waals surface area contributed by atoms with E-state index < -0.39 is 0 Å². The van der Waals surface area contributed by atoms with Crippen molar-refractivity contribution in [1.29, 1.82) is 0 Å². The second kappa shape index (κ2) is 5.13. The molecule has 3 aliphatic rings. The smallest absolute Gasteiger partial charge is 0.0309 e. The average Bonchev–Trinajstić information content (AvgIpc) is 2.41. The van der Waals surface area contributed by atoms with Crippen LogP contribution in [0.3, 0.4) is 0 Å². The van der Waals surface area contributed by atoms with Crippen LogP contribution >= 0.6 is 0 Å². The van der Waals surface area contributed by atoms with Gasteiger partial charge < -0.3 is 5.32 Å². The van der Waals surface area contributed by atoms with Gasteiger partial charge in [0.05, 0.1) is 0 Å². The maximum atomic E-state index is 3.88. The van der Waals surface area contributed by atoms with Gasteiger partial charge in [-0.3, -0.25) is 4.90 Å². The predicted octanol–water partition coefficient (Wildman–Crippen LogP) is 3.32. The van der Waals surface area contributed by atoms with Crippen molar-refractivity contribution in [2.45, 2.75) is 82.2 Å². The summed E-state index contributed by atoms with van der Waals surface area (Å²) < 4.78 is 0. The topological polar surface area (TPSA) is 15.3 Å². The zero-order valence-corrected chi connectivity index (χ0v) is 12.1. The molecule has 104 valence electrons. The predicted molar refractivity (Wildman–Crippen MR) is 76.9 cm³/mol. The Labute approximate surface area is 113 Å². The summed E-state index contributed by atoms with van der Waals surface area (Å²) in [5.41, 5.74) is 1.00. The lowest BCUT2D eigenvalue weighted by atomic mass is 9.76. The van der Waals surface area contributed by atoms with Gasteiger partial charge in [0.15, 0.2) is 0 Å². The Kier molecular flexibility index (Phi) is 3.68. The fourth-order valence-electron chi connectivity index (χ4n) is 4.61. The first-order valence-electron chi connectivity index (χ1n) is 8.23. The Bertz CT molecular complexity index is 256. The average molecular weight is 250 g/mol. The molecule has 0 unspecified atom stereocenters. The molecule has 0 radical (unpaired) electrons. The largest absolute Gasteiger partial charge is 0.309 e. The minimum atomic E-state index is 0.483. The van der Waals surface area contributed by atoms with Gasteiger partial charge in [0, 0.05) is 30.7 Å². The van der Waals surface area contributed by atoms with Crippen molar-refractivity contribution in [3.8, 4) is 0 Å². The lowest BCUT2D eigenvalue weighted by molar-refractivity contribution is 0.00119. The van der Waals surface area contributed by atoms with Crippen molar-refractivity contribution in [2.75, 3.05) is 19.6 Å². The molecule has 0 aromatic heterocycles. The van der Waals surface area contributed by atoms with Crippen molar-refractivity contribution in [1.82, 2.24) is 10.2 Å². The van der Waals surface area contributed by atoms with Crippen LogP contribution in [-0.4, -0.2) is 35.6 Å². The molecule has 0 amide bonds. The van der Waals surface area contributed by atoms with Gasteiger partial charge in [0.2, 0.25) is 0 Å². The third kappa shape index (κ3) is 2.46. The molecule has 3 rings (SSSR count). The van der Waals surface area contributed by atoms with E-state index in [2.05, 4.69) is 17.1 Å². The third-order valence-corrected chi connectivity index (χ3v) is 5.88. The zero-order valence-electron chi connectivity index (χ0n) is 12.1. The molecular weight excluding hydrogens is 220 g/mol. The van der Waals surface area contributed by atoms with E-state index >= 15 is 0 Å². The van der Waals surface area contributed by atoms with Crippen LogP contribution in [-0.2, 0) is 0 Å². The van der Waals surface area contributed by atoms with Crippen LogP contribution in [0.25, 0.3) is 0 Å². The normalized spacial score (nSPS) is 32.5. The van der Waals surface area contributed by atoms with Gasteiger partial charge >= 0.3 is 0 Å². The molecule has 0 aromatic carbocycles. The molecule has 2 aliphatic carbocycles. The summed E-state index contributed by atoms with van der Waals surface area (Å²) in [6.45, 7) is 6.35. The number of piperazine rings is 1. The first-order chi connectivity index (χ1) is 8.73. The second-order valence-corrected chi connectivity index (χ2v) is 7.25. The molecule has 18 heavy (non-hydrogen) atoms. The van der Waals surface area contributed by atoms with Crippen molar-refractivity contribution in [3.63, 3.8) is 0 Å². The summed E-state index contributed by atoms with van der Waals surface area (Å²) >= 11 is 0. The van der Waals surface area contributed by atoms with E-state index in [9.17, 15) is 0 Å². The SMILES string of the molecule is CC1(N2CCNC3(CCCCC3)C2)CCCCC1. The van der Waals surface area contributed by atoms with E-state index in [-0.39, 0.29) is 0 Å². The van der Waals surface area contributed by atoms with E-state index in [0.29, 0.717) is 11.1 Å². The Morgan fingerprint density at radius 2 is 1.44 bits per heavy atom. The highest BCUT2D eigenvalue weighted by Gasteiger charge is 2.42. The number of hydrogen-bond acceptors (Lipinski definition) is 2. The maximum absolute atomic E-state index is 3.88. The fraction of sp³-hybridized carbons (Fsp3) is 1.00. The maximum Gasteiger partial charge on any atom is 0.0309 e. The van der Waals surface area contributed by atoms with Crippen LogP contribution in [0.15, 0.2) is 0 Å². The highest BCUT2D eigenvalue weighted by Crippen LogP contribution is 2.38. The van der Waals surface area contributed by atoms with Gasteiger partial charge in [-0.15, -0.1) is 0 Å². The summed E-state index contributed by atoms with van der Waals surface area (Å²) in [6, 6.07) is 0. The van der Waals surface area contributed by atoms with Crippen molar-refractivity contribution in [2.24, 2.45) is 0 Å². The second-order valence-electron chi connectivity index (χ2n) is 7.25. The minimum absolute atomic E-state index is 0.483. The molecule has 1 heterocycles. The van der Waals surface area contributed by atoms with Crippen LogP contribution in [0.1, 0.15) is 71.1 Å². The molecule has 0 bridgehead atoms. The van der Waals surface area contributed by atoms with E-state index in [1.807, 2.05) is 0 Å².